The van der Waals surface area contributed by atoms with E-state index in [2.05, 4.69) is 143 Å². The summed E-state index contributed by atoms with van der Waals surface area (Å²) in [6.45, 7) is 0. The molecule has 2 aromatic heterocycles. The maximum atomic E-state index is 10.6. The molecular weight excluding hydrogens is 585 g/mol. The lowest BCUT2D eigenvalue weighted by Gasteiger charge is -2.18. The predicted octanol–water partition coefficient (Wildman–Crippen LogP) is 10.8. The maximum absolute atomic E-state index is 10.6. The Morgan fingerprint density at radius 1 is 0.521 bits per heavy atom. The van der Waals surface area contributed by atoms with Gasteiger partial charge in [0, 0.05) is 38.7 Å². The van der Waals surface area contributed by atoms with Gasteiger partial charge in [0.25, 0.3) is 0 Å². The maximum Gasteiger partial charge on any atom is 0.0998 e. The van der Waals surface area contributed by atoms with Gasteiger partial charge in [-0.1, -0.05) is 97.1 Å². The molecule has 1 aliphatic carbocycles. The first-order chi connectivity index (χ1) is 23.7. The topological polar surface area (TPSA) is 57.4 Å². The quantitative estimate of drug-likeness (QED) is 0.199. The summed E-state index contributed by atoms with van der Waals surface area (Å²) in [5, 5.41) is 23.9. The Balaban J connectivity index is 1.24. The Morgan fingerprint density at radius 2 is 1.19 bits per heavy atom. The van der Waals surface area contributed by atoms with Crippen LogP contribution in [-0.4, -0.2) is 9.13 Å². The number of hydrogen-bond acceptors (Lipinski definition) is 2. The van der Waals surface area contributed by atoms with E-state index in [1.165, 1.54) is 16.3 Å². The lowest BCUT2D eigenvalue weighted by molar-refractivity contribution is 0.967. The molecule has 8 aromatic rings. The third-order valence-electron chi connectivity index (χ3n) is 9.69. The number of aromatic nitrogens is 2. The molecule has 1 aliphatic rings. The SMILES string of the molecule is N#Cc1ccc2c3c(n(-c4ccc(-c5ccccc5-c5ccccc5-n5c6ccccc6c6ccccc65)c(C#N)c4)c2c1)C=CCC3. The molecular formula is C44H28N4. The first-order valence-corrected chi connectivity index (χ1v) is 16.2. The zero-order valence-corrected chi connectivity index (χ0v) is 26.1. The molecule has 0 radical (unpaired) electrons. The molecule has 0 atom stereocenters. The van der Waals surface area contributed by atoms with Crippen molar-refractivity contribution >= 4 is 38.8 Å². The van der Waals surface area contributed by atoms with Crippen LogP contribution in [0.3, 0.4) is 0 Å². The van der Waals surface area contributed by atoms with Gasteiger partial charge in [0.05, 0.1) is 45.5 Å². The average Bonchev–Trinajstić information content (AvgIpc) is 3.67. The predicted molar refractivity (Wildman–Crippen MR) is 195 cm³/mol. The highest BCUT2D eigenvalue weighted by atomic mass is 15.0. The minimum atomic E-state index is 0.598. The van der Waals surface area contributed by atoms with Crippen molar-refractivity contribution < 1.29 is 0 Å². The fourth-order valence-electron chi connectivity index (χ4n) is 7.61. The van der Waals surface area contributed by atoms with Gasteiger partial charge < -0.3 is 9.13 Å². The second-order valence-corrected chi connectivity index (χ2v) is 12.3. The van der Waals surface area contributed by atoms with Gasteiger partial charge in [0.1, 0.15) is 0 Å². The van der Waals surface area contributed by atoms with E-state index in [-0.39, 0.29) is 0 Å². The van der Waals surface area contributed by atoms with Gasteiger partial charge in [0.2, 0.25) is 0 Å². The number of nitriles is 2. The van der Waals surface area contributed by atoms with Crippen LogP contribution in [0.2, 0.25) is 0 Å². The van der Waals surface area contributed by atoms with E-state index in [4.69, 9.17) is 0 Å². The van der Waals surface area contributed by atoms with Crippen LogP contribution in [-0.2, 0) is 6.42 Å². The number of rotatable bonds is 4. The highest BCUT2D eigenvalue weighted by Gasteiger charge is 2.21. The Labute approximate surface area is 278 Å². The van der Waals surface area contributed by atoms with E-state index >= 15 is 0 Å². The Bertz CT molecular complexity index is 2650. The van der Waals surface area contributed by atoms with Gasteiger partial charge in [-0.2, -0.15) is 10.5 Å². The highest BCUT2D eigenvalue weighted by molar-refractivity contribution is 6.10. The molecule has 0 bridgehead atoms. The average molecular weight is 613 g/mol. The third kappa shape index (κ3) is 4.14. The standard InChI is InChI=1S/C44H28N4/c45-27-29-21-23-39-38-16-4-7-17-40(38)47(44(39)25-29)31-22-24-32(30(26-31)28-46)33-11-1-2-12-34(33)35-13-3-8-18-41(35)48-42-19-9-5-14-36(42)37-15-6-10-20-43(37)48/h1-3,5-15,17-26H,4,16H2. The molecule has 4 heteroatoms. The summed E-state index contributed by atoms with van der Waals surface area (Å²) in [6, 6.07) is 51.0. The van der Waals surface area contributed by atoms with Crippen LogP contribution in [0.4, 0.5) is 0 Å². The summed E-state index contributed by atoms with van der Waals surface area (Å²) in [4.78, 5) is 0. The number of hydrogen-bond donors (Lipinski definition) is 0. The van der Waals surface area contributed by atoms with Gasteiger partial charge in [0.15, 0.2) is 0 Å². The van der Waals surface area contributed by atoms with Crippen molar-refractivity contribution in [2.45, 2.75) is 12.8 Å². The number of nitrogens with zero attached hydrogens (tertiary/aromatic N) is 4. The van der Waals surface area contributed by atoms with Crippen LogP contribution in [0.5, 0.6) is 0 Å². The van der Waals surface area contributed by atoms with Crippen molar-refractivity contribution in [1.82, 2.24) is 9.13 Å². The molecule has 0 spiro atoms. The van der Waals surface area contributed by atoms with E-state index in [9.17, 15) is 10.5 Å². The van der Waals surface area contributed by atoms with E-state index in [1.807, 2.05) is 24.3 Å². The fourth-order valence-corrected chi connectivity index (χ4v) is 7.61. The first-order valence-electron chi connectivity index (χ1n) is 16.2. The minimum Gasteiger partial charge on any atom is -0.310 e. The van der Waals surface area contributed by atoms with Gasteiger partial charge in [-0.3, -0.25) is 0 Å². The Hall–Kier alpha value is -6.62. The molecule has 0 saturated carbocycles. The van der Waals surface area contributed by atoms with Crippen LogP contribution < -0.4 is 0 Å². The monoisotopic (exact) mass is 612 g/mol. The lowest BCUT2D eigenvalue weighted by atomic mass is 9.91. The second kappa shape index (κ2) is 11.0. The smallest absolute Gasteiger partial charge is 0.0998 e. The summed E-state index contributed by atoms with van der Waals surface area (Å²) in [7, 11) is 0. The molecule has 224 valence electrons. The van der Waals surface area contributed by atoms with Gasteiger partial charge in [-0.25, -0.2) is 0 Å². The summed E-state index contributed by atoms with van der Waals surface area (Å²) < 4.78 is 4.56. The zero-order chi connectivity index (χ0) is 32.2. The lowest BCUT2D eigenvalue weighted by Crippen LogP contribution is -2.02. The highest BCUT2D eigenvalue weighted by Crippen LogP contribution is 2.41. The van der Waals surface area contributed by atoms with Gasteiger partial charge in [-0.05, 0) is 78.1 Å². The van der Waals surface area contributed by atoms with E-state index in [0.29, 0.717) is 11.1 Å². The summed E-state index contributed by atoms with van der Waals surface area (Å²) in [5.74, 6) is 0. The van der Waals surface area contributed by atoms with Crippen molar-refractivity contribution in [1.29, 1.82) is 10.5 Å². The third-order valence-corrected chi connectivity index (χ3v) is 9.69. The molecule has 6 aromatic carbocycles. The molecule has 4 nitrogen and oxygen atoms in total. The van der Waals surface area contributed by atoms with E-state index in [0.717, 1.165) is 74.1 Å². The van der Waals surface area contributed by atoms with Crippen LogP contribution in [0, 0.1) is 22.7 Å². The van der Waals surface area contributed by atoms with Crippen molar-refractivity contribution in [3.8, 4) is 45.8 Å². The molecule has 0 fully saturated rings. The molecule has 0 aliphatic heterocycles. The summed E-state index contributed by atoms with van der Waals surface area (Å²) in [6.07, 6.45) is 6.31. The van der Waals surface area contributed by atoms with Gasteiger partial charge >= 0.3 is 0 Å². The Morgan fingerprint density at radius 3 is 1.92 bits per heavy atom. The first kappa shape index (κ1) is 27.7. The largest absolute Gasteiger partial charge is 0.310 e. The van der Waals surface area contributed by atoms with E-state index in [1.54, 1.807) is 0 Å². The van der Waals surface area contributed by atoms with Crippen molar-refractivity contribution in [3.05, 3.63) is 162 Å². The number of allylic oxidation sites excluding steroid dienone is 1. The van der Waals surface area contributed by atoms with Crippen LogP contribution in [0.15, 0.2) is 140 Å². The molecule has 48 heavy (non-hydrogen) atoms. The van der Waals surface area contributed by atoms with Crippen LogP contribution in [0.1, 0.15) is 28.8 Å². The van der Waals surface area contributed by atoms with Gasteiger partial charge in [-0.15, -0.1) is 0 Å². The minimum absolute atomic E-state index is 0.598. The molecule has 0 N–H and O–H groups in total. The Kier molecular flexibility index (Phi) is 6.35. The molecule has 9 rings (SSSR count). The van der Waals surface area contributed by atoms with Crippen molar-refractivity contribution in [2.75, 3.05) is 0 Å². The van der Waals surface area contributed by atoms with Crippen molar-refractivity contribution in [3.63, 3.8) is 0 Å². The normalized spacial score (nSPS) is 12.3. The van der Waals surface area contributed by atoms with Crippen LogP contribution in [0.25, 0.3) is 72.4 Å². The molecule has 0 unspecified atom stereocenters. The van der Waals surface area contributed by atoms with Crippen LogP contribution >= 0.6 is 0 Å². The summed E-state index contributed by atoms with van der Waals surface area (Å²) >= 11 is 0. The second-order valence-electron chi connectivity index (χ2n) is 12.3. The number of fused-ring (bicyclic) bond motifs is 6. The fraction of sp³-hybridized carbons (Fsp3) is 0.0455. The van der Waals surface area contributed by atoms with Crippen molar-refractivity contribution in [2.24, 2.45) is 0 Å². The number of para-hydroxylation sites is 3. The number of aryl methyl sites for hydroxylation is 1. The summed E-state index contributed by atoms with van der Waals surface area (Å²) in [5.41, 5.74) is 12.9. The molecule has 2 heterocycles. The van der Waals surface area contributed by atoms with E-state index < -0.39 is 0 Å². The molecule has 0 saturated heterocycles. The zero-order valence-electron chi connectivity index (χ0n) is 26.1. The molecule has 0 amide bonds. The number of benzene rings is 6.